The summed E-state index contributed by atoms with van der Waals surface area (Å²) in [5.41, 5.74) is 14.9. The molecule has 0 bridgehead atoms. The molecule has 3 aromatic heterocycles. The van der Waals surface area contributed by atoms with Crippen LogP contribution in [-0.4, -0.2) is 19.1 Å². The zero-order valence-corrected chi connectivity index (χ0v) is 31.4. The molecule has 0 spiro atoms. The Kier molecular flexibility index (Phi) is 7.20. The molecule has 0 aliphatic rings. The highest BCUT2D eigenvalue weighted by Crippen LogP contribution is 2.48. The van der Waals surface area contributed by atoms with Gasteiger partial charge in [-0.2, -0.15) is 0 Å². The minimum atomic E-state index is 0.867. The summed E-state index contributed by atoms with van der Waals surface area (Å²) in [5, 5.41) is 7.47. The van der Waals surface area contributed by atoms with Gasteiger partial charge in [0.2, 0.25) is 0 Å². The Morgan fingerprint density at radius 2 is 0.828 bits per heavy atom. The smallest absolute Gasteiger partial charge is 0.0973 e. The summed E-state index contributed by atoms with van der Waals surface area (Å²) in [6.07, 6.45) is 0. The van der Waals surface area contributed by atoms with Gasteiger partial charge in [-0.15, -0.1) is 0 Å². The predicted molar refractivity (Wildman–Crippen MR) is 242 cm³/mol. The summed E-state index contributed by atoms with van der Waals surface area (Å²) in [4.78, 5) is 10.3. The molecule has 12 rings (SSSR count). The second kappa shape index (κ2) is 12.9. The van der Waals surface area contributed by atoms with Crippen molar-refractivity contribution in [2.45, 2.75) is 0 Å². The van der Waals surface area contributed by atoms with E-state index in [1.807, 2.05) is 30.3 Å². The van der Waals surface area contributed by atoms with Gasteiger partial charge in [-0.05, 0) is 70.9 Å². The minimum absolute atomic E-state index is 0.867. The van der Waals surface area contributed by atoms with Crippen LogP contribution >= 0.6 is 0 Å². The molecule has 0 aliphatic heterocycles. The van der Waals surface area contributed by atoms with Gasteiger partial charge in [-0.3, -0.25) is 0 Å². The first-order chi connectivity index (χ1) is 28.8. The van der Waals surface area contributed by atoms with Crippen LogP contribution in [0.25, 0.3) is 110 Å². The minimum Gasteiger partial charge on any atom is -0.309 e. The van der Waals surface area contributed by atoms with E-state index >= 15 is 0 Å². The molecule has 0 N–H and O–H groups in total. The molecule has 0 saturated heterocycles. The number of hydrogen-bond acceptors (Lipinski definition) is 2. The summed E-state index contributed by atoms with van der Waals surface area (Å²) in [6.45, 7) is 0. The quantitative estimate of drug-likeness (QED) is 0.176. The Hall–Kier alpha value is -7.82. The van der Waals surface area contributed by atoms with Crippen LogP contribution in [-0.2, 0) is 0 Å². The van der Waals surface area contributed by atoms with Gasteiger partial charge >= 0.3 is 0 Å². The van der Waals surface area contributed by atoms with Crippen LogP contribution in [0.15, 0.2) is 206 Å². The lowest BCUT2D eigenvalue weighted by atomic mass is 9.93. The molecule has 0 saturated carbocycles. The molecule has 270 valence electrons. The van der Waals surface area contributed by atoms with Gasteiger partial charge in [-0.1, -0.05) is 152 Å². The van der Waals surface area contributed by atoms with Gasteiger partial charge in [0.15, 0.2) is 0 Å². The van der Waals surface area contributed by atoms with Crippen LogP contribution in [0.4, 0.5) is 0 Å². The fourth-order valence-corrected chi connectivity index (χ4v) is 9.18. The first-order valence-electron chi connectivity index (χ1n) is 19.8. The van der Waals surface area contributed by atoms with Crippen molar-refractivity contribution >= 4 is 65.4 Å². The third-order valence-corrected chi connectivity index (χ3v) is 11.7. The maximum Gasteiger partial charge on any atom is 0.0973 e. The summed E-state index contributed by atoms with van der Waals surface area (Å²) in [7, 11) is 0. The van der Waals surface area contributed by atoms with Crippen molar-refractivity contribution in [2.75, 3.05) is 0 Å². The molecule has 4 nitrogen and oxygen atoms in total. The normalized spacial score (nSPS) is 11.8. The number of hydrogen-bond donors (Lipinski definition) is 0. The Morgan fingerprint density at radius 1 is 0.310 bits per heavy atom. The maximum absolute atomic E-state index is 5.20. The van der Waals surface area contributed by atoms with E-state index in [2.05, 4.69) is 185 Å². The summed E-state index contributed by atoms with van der Waals surface area (Å²) >= 11 is 0. The van der Waals surface area contributed by atoms with E-state index in [4.69, 9.17) is 9.97 Å². The van der Waals surface area contributed by atoms with Gasteiger partial charge in [-0.25, -0.2) is 9.97 Å². The highest BCUT2D eigenvalue weighted by atomic mass is 15.0. The van der Waals surface area contributed by atoms with Crippen LogP contribution in [0.1, 0.15) is 0 Å². The van der Waals surface area contributed by atoms with Gasteiger partial charge in [0.05, 0.1) is 44.5 Å². The van der Waals surface area contributed by atoms with Crippen LogP contribution in [0.5, 0.6) is 0 Å². The number of benzene rings is 9. The van der Waals surface area contributed by atoms with Crippen molar-refractivity contribution in [1.82, 2.24) is 19.1 Å². The van der Waals surface area contributed by atoms with Gasteiger partial charge < -0.3 is 9.13 Å². The zero-order chi connectivity index (χ0) is 38.2. The number of para-hydroxylation sites is 4. The third-order valence-electron chi connectivity index (χ3n) is 11.7. The highest BCUT2D eigenvalue weighted by Gasteiger charge is 2.25. The van der Waals surface area contributed by atoms with Crippen molar-refractivity contribution < 1.29 is 0 Å². The van der Waals surface area contributed by atoms with Crippen molar-refractivity contribution in [3.63, 3.8) is 0 Å². The Balaban J connectivity index is 1.18. The van der Waals surface area contributed by atoms with E-state index < -0.39 is 0 Å². The number of nitrogens with zero attached hydrogens (tertiary/aromatic N) is 4. The molecular weight excluding hydrogens is 705 g/mol. The van der Waals surface area contributed by atoms with Gasteiger partial charge in [0.1, 0.15) is 0 Å². The fraction of sp³-hybridized carbons (Fsp3) is 0. The van der Waals surface area contributed by atoms with Gasteiger partial charge in [0.25, 0.3) is 0 Å². The lowest BCUT2D eigenvalue weighted by molar-refractivity contribution is 1.16. The van der Waals surface area contributed by atoms with E-state index in [-0.39, 0.29) is 0 Å². The van der Waals surface area contributed by atoms with Crippen molar-refractivity contribution in [3.05, 3.63) is 206 Å². The SMILES string of the molecule is c1ccc(-c2nc3ccccc3nc2-c2ccc(-n3c4ccccc4c4c(-c5ccccc5)c5c6c7ccccc7ccc6n(-c6ccccc6)c5cc43)cc2)cc1. The molecule has 0 aliphatic carbocycles. The summed E-state index contributed by atoms with van der Waals surface area (Å²) < 4.78 is 4.90. The topological polar surface area (TPSA) is 35.6 Å². The largest absolute Gasteiger partial charge is 0.309 e. The van der Waals surface area contributed by atoms with Crippen LogP contribution in [0.2, 0.25) is 0 Å². The number of fused-ring (bicyclic) bond motifs is 9. The first kappa shape index (κ1) is 32.4. The van der Waals surface area contributed by atoms with Gasteiger partial charge in [0, 0.05) is 49.6 Å². The van der Waals surface area contributed by atoms with E-state index in [1.54, 1.807) is 0 Å². The second-order valence-electron chi connectivity index (χ2n) is 14.9. The van der Waals surface area contributed by atoms with E-state index in [1.165, 1.54) is 54.5 Å². The summed E-state index contributed by atoms with van der Waals surface area (Å²) in [6, 6.07) is 73.7. The number of rotatable bonds is 5. The number of aromatic nitrogens is 4. The van der Waals surface area contributed by atoms with E-state index in [0.717, 1.165) is 56.0 Å². The van der Waals surface area contributed by atoms with Crippen molar-refractivity contribution in [2.24, 2.45) is 0 Å². The predicted octanol–water partition coefficient (Wildman–Crippen LogP) is 14.0. The van der Waals surface area contributed by atoms with Crippen LogP contribution in [0.3, 0.4) is 0 Å². The summed E-state index contributed by atoms with van der Waals surface area (Å²) in [5.74, 6) is 0. The molecule has 9 aromatic carbocycles. The van der Waals surface area contributed by atoms with Crippen LogP contribution < -0.4 is 0 Å². The van der Waals surface area contributed by atoms with Crippen LogP contribution in [0, 0.1) is 0 Å². The molecule has 0 unspecified atom stereocenters. The average Bonchev–Trinajstić information content (AvgIpc) is 3.81. The first-order valence-corrected chi connectivity index (χ1v) is 19.8. The molecule has 0 atom stereocenters. The Bertz CT molecular complexity index is 3530. The molecular formula is C54H34N4. The van der Waals surface area contributed by atoms with E-state index in [9.17, 15) is 0 Å². The second-order valence-corrected chi connectivity index (χ2v) is 14.9. The lowest BCUT2D eigenvalue weighted by Crippen LogP contribution is -1.98. The highest BCUT2D eigenvalue weighted by molar-refractivity contribution is 6.32. The molecule has 0 radical (unpaired) electrons. The zero-order valence-electron chi connectivity index (χ0n) is 31.4. The maximum atomic E-state index is 5.20. The third kappa shape index (κ3) is 4.88. The average molecular weight is 739 g/mol. The monoisotopic (exact) mass is 738 g/mol. The molecule has 0 amide bonds. The Labute approximate surface area is 334 Å². The Morgan fingerprint density at radius 3 is 1.53 bits per heavy atom. The molecule has 3 heterocycles. The molecule has 0 fully saturated rings. The van der Waals surface area contributed by atoms with Crippen molar-refractivity contribution in [1.29, 1.82) is 0 Å². The fourth-order valence-electron chi connectivity index (χ4n) is 9.18. The van der Waals surface area contributed by atoms with Crippen molar-refractivity contribution in [3.8, 4) is 45.0 Å². The lowest BCUT2D eigenvalue weighted by Gasteiger charge is -2.14. The standard InChI is InChI=1S/C54H34N4/c1-4-17-36(18-5-1)49-51-42-24-12-15-27-45(42)57(40-31-28-38(29-32-40)54-53(37-19-6-2-7-20-37)55-43-25-13-14-26-44(43)56-54)47(51)34-48-52(49)50-41-23-11-10-16-35(41)30-33-46(50)58(48)39-21-8-3-9-22-39/h1-34H. The molecule has 4 heteroatoms. The van der Waals surface area contributed by atoms with E-state index in [0.29, 0.717) is 0 Å². The molecule has 12 aromatic rings. The molecule has 58 heavy (non-hydrogen) atoms.